The van der Waals surface area contributed by atoms with Crippen molar-refractivity contribution in [1.82, 2.24) is 5.32 Å². The molecule has 4 aromatic rings. The highest BCUT2D eigenvalue weighted by molar-refractivity contribution is 7.80. The van der Waals surface area contributed by atoms with E-state index < -0.39 is 5.91 Å². The Labute approximate surface area is 226 Å². The highest BCUT2D eigenvalue weighted by atomic mass is 32.1. The molecule has 0 atom stereocenters. The molecular weight excluding hydrogens is 496 g/mol. The van der Waals surface area contributed by atoms with Crippen LogP contribution in [0.15, 0.2) is 109 Å². The molecule has 38 heavy (non-hydrogen) atoms. The van der Waals surface area contributed by atoms with Crippen LogP contribution in [0, 0.1) is 0 Å². The molecule has 7 nitrogen and oxygen atoms in total. The summed E-state index contributed by atoms with van der Waals surface area (Å²) in [6, 6.07) is 31.5. The first-order valence-corrected chi connectivity index (χ1v) is 12.2. The van der Waals surface area contributed by atoms with Gasteiger partial charge in [0, 0.05) is 28.7 Å². The minimum absolute atomic E-state index is 0.0660. The van der Waals surface area contributed by atoms with Crippen LogP contribution in [0.25, 0.3) is 6.08 Å². The molecule has 8 heteroatoms. The van der Waals surface area contributed by atoms with Gasteiger partial charge in [0.2, 0.25) is 5.91 Å². The fourth-order valence-electron chi connectivity index (χ4n) is 3.59. The Morgan fingerprint density at radius 2 is 1.37 bits per heavy atom. The Balaban J connectivity index is 1.35. The van der Waals surface area contributed by atoms with Crippen LogP contribution in [0.5, 0.6) is 5.75 Å². The second-order valence-electron chi connectivity index (χ2n) is 8.09. The molecule has 0 aromatic heterocycles. The lowest BCUT2D eigenvalue weighted by Crippen LogP contribution is -2.33. The van der Waals surface area contributed by atoms with Gasteiger partial charge in [-0.05, 0) is 72.9 Å². The van der Waals surface area contributed by atoms with Crippen LogP contribution >= 0.6 is 12.2 Å². The van der Waals surface area contributed by atoms with E-state index in [1.54, 1.807) is 37.5 Å². The third kappa shape index (κ3) is 7.28. The number of methoxy groups -OCH3 is 1. The van der Waals surface area contributed by atoms with E-state index in [-0.39, 0.29) is 11.0 Å². The predicted octanol–water partition coefficient (Wildman–Crippen LogP) is 6.22. The van der Waals surface area contributed by atoms with Crippen LogP contribution < -0.4 is 26.0 Å². The lowest BCUT2D eigenvalue weighted by Gasteiger charge is -2.13. The van der Waals surface area contributed by atoms with Gasteiger partial charge in [0.25, 0.3) is 5.91 Å². The number of benzene rings is 4. The van der Waals surface area contributed by atoms with Crippen LogP contribution in [0.4, 0.5) is 22.7 Å². The Morgan fingerprint density at radius 1 is 0.737 bits per heavy atom. The predicted molar refractivity (Wildman–Crippen MR) is 157 cm³/mol. The summed E-state index contributed by atoms with van der Waals surface area (Å²) in [7, 11) is 1.57. The number of para-hydroxylation sites is 3. The molecule has 4 N–H and O–H groups in total. The average molecular weight is 523 g/mol. The third-order valence-electron chi connectivity index (χ3n) is 5.42. The van der Waals surface area contributed by atoms with Crippen molar-refractivity contribution in [2.75, 3.05) is 23.1 Å². The molecule has 0 aliphatic rings. The number of ether oxygens (including phenoxy) is 1. The molecule has 2 amide bonds. The zero-order chi connectivity index (χ0) is 26.7. The van der Waals surface area contributed by atoms with Crippen LogP contribution in [-0.2, 0) is 4.79 Å². The summed E-state index contributed by atoms with van der Waals surface area (Å²) in [5, 5.41) is 11.8. The number of thiocarbonyl (C=S) groups is 1. The topological polar surface area (TPSA) is 91.5 Å². The van der Waals surface area contributed by atoms with Crippen LogP contribution in [0.1, 0.15) is 15.9 Å². The standard InChI is InChI=1S/C30H26N4O3S/c1-37-27-14-8-5-9-21(27)15-20-28(35)34-30(38)33-26-13-7-6-12-25(26)29(36)32-24-18-16-23(17-19-24)31-22-10-3-2-4-11-22/h2-20,31H,1H3,(H,32,36)(H2,33,34,35,38). The molecule has 0 bridgehead atoms. The van der Waals surface area contributed by atoms with Gasteiger partial charge in [-0.2, -0.15) is 0 Å². The van der Waals surface area contributed by atoms with E-state index in [9.17, 15) is 9.59 Å². The van der Waals surface area contributed by atoms with Crippen LogP contribution in [0.2, 0.25) is 0 Å². The molecular formula is C30H26N4O3S. The van der Waals surface area contributed by atoms with E-state index in [0.717, 1.165) is 16.9 Å². The Morgan fingerprint density at radius 3 is 2.13 bits per heavy atom. The van der Waals surface area contributed by atoms with Gasteiger partial charge < -0.3 is 20.7 Å². The van der Waals surface area contributed by atoms with Gasteiger partial charge in [-0.15, -0.1) is 0 Å². The highest BCUT2D eigenvalue weighted by Crippen LogP contribution is 2.21. The van der Waals surface area contributed by atoms with E-state index in [1.165, 1.54) is 6.08 Å². The first kappa shape index (κ1) is 26.1. The van der Waals surface area contributed by atoms with Crippen LogP contribution in [0.3, 0.4) is 0 Å². The van der Waals surface area contributed by atoms with Gasteiger partial charge in [-0.3, -0.25) is 14.9 Å². The second kappa shape index (κ2) is 12.8. The van der Waals surface area contributed by atoms with E-state index in [2.05, 4.69) is 21.3 Å². The zero-order valence-corrected chi connectivity index (χ0v) is 21.4. The van der Waals surface area contributed by atoms with Gasteiger partial charge in [-0.1, -0.05) is 48.5 Å². The van der Waals surface area contributed by atoms with Crippen molar-refractivity contribution in [2.45, 2.75) is 0 Å². The van der Waals surface area contributed by atoms with Gasteiger partial charge >= 0.3 is 0 Å². The number of carbonyl (C=O) groups excluding carboxylic acids is 2. The van der Waals surface area contributed by atoms with Crippen molar-refractivity contribution in [3.63, 3.8) is 0 Å². The number of carbonyl (C=O) groups is 2. The van der Waals surface area contributed by atoms with Crippen LogP contribution in [-0.4, -0.2) is 24.0 Å². The molecule has 0 saturated heterocycles. The molecule has 0 aliphatic heterocycles. The SMILES string of the molecule is COc1ccccc1C=CC(=O)NC(=S)Nc1ccccc1C(=O)Nc1ccc(Nc2ccccc2)cc1. The van der Waals surface area contributed by atoms with Crippen molar-refractivity contribution in [3.05, 3.63) is 120 Å². The summed E-state index contributed by atoms with van der Waals surface area (Å²) in [6.45, 7) is 0. The highest BCUT2D eigenvalue weighted by Gasteiger charge is 2.13. The summed E-state index contributed by atoms with van der Waals surface area (Å²) >= 11 is 5.30. The zero-order valence-electron chi connectivity index (χ0n) is 20.6. The summed E-state index contributed by atoms with van der Waals surface area (Å²) in [6.07, 6.45) is 3.00. The molecule has 0 unspecified atom stereocenters. The summed E-state index contributed by atoms with van der Waals surface area (Å²) in [5.41, 5.74) is 4.11. The number of rotatable bonds is 8. The Hall–Kier alpha value is -4.95. The van der Waals surface area contributed by atoms with Gasteiger partial charge in [0.15, 0.2) is 5.11 Å². The van der Waals surface area contributed by atoms with Crippen molar-refractivity contribution < 1.29 is 14.3 Å². The summed E-state index contributed by atoms with van der Waals surface area (Å²) < 4.78 is 5.28. The molecule has 0 heterocycles. The number of anilines is 4. The van der Waals surface area contributed by atoms with Gasteiger partial charge in [0.05, 0.1) is 18.4 Å². The Bertz CT molecular complexity index is 1450. The maximum Gasteiger partial charge on any atom is 0.257 e. The van der Waals surface area contributed by atoms with E-state index in [4.69, 9.17) is 17.0 Å². The number of amides is 2. The number of nitrogens with one attached hydrogen (secondary N) is 4. The molecule has 0 spiro atoms. The fraction of sp³-hybridized carbons (Fsp3) is 0.0333. The first-order valence-electron chi connectivity index (χ1n) is 11.8. The van der Waals surface area contributed by atoms with Crippen molar-refractivity contribution in [3.8, 4) is 5.75 Å². The average Bonchev–Trinajstić information content (AvgIpc) is 2.94. The normalized spacial score (nSPS) is 10.4. The summed E-state index contributed by atoms with van der Waals surface area (Å²) in [4.78, 5) is 25.4. The van der Waals surface area contributed by atoms with Crippen molar-refractivity contribution >= 4 is 58.0 Å². The number of hydrogen-bond donors (Lipinski definition) is 4. The largest absolute Gasteiger partial charge is 0.496 e. The monoisotopic (exact) mass is 522 g/mol. The second-order valence-corrected chi connectivity index (χ2v) is 8.49. The van der Waals surface area contributed by atoms with Gasteiger partial charge in [-0.25, -0.2) is 0 Å². The number of hydrogen-bond acceptors (Lipinski definition) is 5. The molecule has 0 saturated carbocycles. The minimum atomic E-state index is -0.417. The minimum Gasteiger partial charge on any atom is -0.496 e. The summed E-state index contributed by atoms with van der Waals surface area (Å²) in [5.74, 6) is -0.0825. The lowest BCUT2D eigenvalue weighted by molar-refractivity contribution is -0.115. The molecule has 0 radical (unpaired) electrons. The maximum absolute atomic E-state index is 13.0. The van der Waals surface area contributed by atoms with Gasteiger partial charge in [0.1, 0.15) is 5.75 Å². The molecule has 4 aromatic carbocycles. The third-order valence-corrected chi connectivity index (χ3v) is 5.62. The van der Waals surface area contributed by atoms with E-state index in [1.807, 2.05) is 78.9 Å². The molecule has 0 aliphatic carbocycles. The van der Waals surface area contributed by atoms with Crippen molar-refractivity contribution in [2.24, 2.45) is 0 Å². The fourth-order valence-corrected chi connectivity index (χ4v) is 3.80. The molecule has 4 rings (SSSR count). The Kier molecular flexibility index (Phi) is 8.83. The quantitative estimate of drug-likeness (QED) is 0.162. The molecule has 190 valence electrons. The first-order chi connectivity index (χ1) is 18.5. The van der Waals surface area contributed by atoms with E-state index in [0.29, 0.717) is 22.7 Å². The molecule has 0 fully saturated rings. The van der Waals surface area contributed by atoms with E-state index >= 15 is 0 Å². The lowest BCUT2D eigenvalue weighted by atomic mass is 10.1. The smallest absolute Gasteiger partial charge is 0.257 e. The van der Waals surface area contributed by atoms with Crippen molar-refractivity contribution in [1.29, 1.82) is 0 Å². The maximum atomic E-state index is 13.0.